The highest BCUT2D eigenvalue weighted by atomic mass is 16.3. The molecule has 17 rings (SSSR count). The van der Waals surface area contributed by atoms with E-state index < -0.39 is 0 Å². The van der Waals surface area contributed by atoms with Crippen LogP contribution in [0.2, 0.25) is 0 Å². The van der Waals surface area contributed by atoms with Crippen molar-refractivity contribution in [1.29, 1.82) is 0 Å². The lowest BCUT2D eigenvalue weighted by atomic mass is 9.33. The lowest BCUT2D eigenvalue weighted by Crippen LogP contribution is -2.61. The highest BCUT2D eigenvalue weighted by molar-refractivity contribution is 7.00. The molecule has 0 amide bonds. The van der Waals surface area contributed by atoms with Crippen LogP contribution in [0.1, 0.15) is 52.7 Å². The van der Waals surface area contributed by atoms with Gasteiger partial charge in [0.1, 0.15) is 16.7 Å². The number of nitrogens with zero attached hydrogens (tertiary/aromatic N) is 4. The van der Waals surface area contributed by atoms with Crippen molar-refractivity contribution in [3.63, 3.8) is 0 Å². The number of rotatable bonds is 8. The van der Waals surface area contributed by atoms with E-state index in [0.29, 0.717) is 0 Å². The Bertz CT molecular complexity index is 5320. The molecular formula is C82H63BN4O2. The fourth-order valence-electron chi connectivity index (χ4n) is 14.2. The summed E-state index contributed by atoms with van der Waals surface area (Å²) in [5, 5.41) is 9.02. The minimum absolute atomic E-state index is 0.0471. The van der Waals surface area contributed by atoms with Crippen molar-refractivity contribution < 1.29 is 8.83 Å². The van der Waals surface area contributed by atoms with Crippen LogP contribution in [0.5, 0.6) is 0 Å². The van der Waals surface area contributed by atoms with Gasteiger partial charge in [-0.25, -0.2) is 0 Å². The third-order valence-electron chi connectivity index (χ3n) is 18.7. The molecule has 0 N–H and O–H groups in total. The predicted octanol–water partition coefficient (Wildman–Crippen LogP) is 21.4. The van der Waals surface area contributed by atoms with Crippen LogP contribution in [0.3, 0.4) is 0 Å². The molecule has 0 spiro atoms. The SMILES string of the molecule is CC(C)(C)c1ccc(N2c3cc(N(c4ccc5ccccc5c4)c4cccc5c4oc4ccccc45)ccc3B3c4cc5oc6ccccc6c5cc4N(c4ccc(C(C)(C)C)cc4)c4cc(N(c5ccccc5)c5ccc6ccccc6c5)cc2c43)cc1. The van der Waals surface area contributed by atoms with Gasteiger partial charge in [0.2, 0.25) is 0 Å². The molecule has 2 aliphatic heterocycles. The second-order valence-electron chi connectivity index (χ2n) is 26.2. The van der Waals surface area contributed by atoms with Crippen molar-refractivity contribution in [2.75, 3.05) is 19.6 Å². The number of furan rings is 2. The maximum atomic E-state index is 6.97. The van der Waals surface area contributed by atoms with Crippen LogP contribution in [0.25, 0.3) is 65.4 Å². The number of benzene rings is 13. The first-order valence-electron chi connectivity index (χ1n) is 31.0. The van der Waals surface area contributed by atoms with Gasteiger partial charge in [-0.05, 0) is 175 Å². The summed E-state index contributed by atoms with van der Waals surface area (Å²) in [6, 6.07) is 101. The van der Waals surface area contributed by atoms with Crippen LogP contribution in [-0.4, -0.2) is 6.71 Å². The molecule has 0 radical (unpaired) electrons. The zero-order chi connectivity index (χ0) is 59.9. The Balaban J connectivity index is 0.995. The molecule has 13 aromatic carbocycles. The summed E-state index contributed by atoms with van der Waals surface area (Å²) in [6.45, 7) is 13.5. The Hall–Kier alpha value is -10.8. The first kappa shape index (κ1) is 52.6. The van der Waals surface area contributed by atoms with Crippen LogP contribution >= 0.6 is 0 Å². The second-order valence-corrected chi connectivity index (χ2v) is 26.2. The molecule has 426 valence electrons. The molecule has 0 saturated carbocycles. The Labute approximate surface area is 518 Å². The summed E-state index contributed by atoms with van der Waals surface area (Å²) in [5.41, 5.74) is 22.0. The number of hydrogen-bond acceptors (Lipinski definition) is 6. The van der Waals surface area contributed by atoms with Crippen molar-refractivity contribution in [2.24, 2.45) is 0 Å². The summed E-state index contributed by atoms with van der Waals surface area (Å²) in [5.74, 6) is 0. The van der Waals surface area contributed by atoms with Crippen molar-refractivity contribution in [1.82, 2.24) is 0 Å². The van der Waals surface area contributed by atoms with Gasteiger partial charge in [-0.2, -0.15) is 0 Å². The molecule has 7 heteroatoms. The summed E-state index contributed by atoms with van der Waals surface area (Å²) in [4.78, 5) is 9.95. The maximum absolute atomic E-state index is 6.97. The number of anilines is 12. The fraction of sp³-hybridized carbons (Fsp3) is 0.0976. The monoisotopic (exact) mass is 1150 g/mol. The van der Waals surface area contributed by atoms with Gasteiger partial charge >= 0.3 is 0 Å². The molecule has 0 atom stereocenters. The molecule has 0 unspecified atom stereocenters. The zero-order valence-corrected chi connectivity index (χ0v) is 50.7. The van der Waals surface area contributed by atoms with Crippen molar-refractivity contribution in [2.45, 2.75) is 52.4 Å². The van der Waals surface area contributed by atoms with Crippen LogP contribution in [-0.2, 0) is 10.8 Å². The molecule has 4 heterocycles. The lowest BCUT2D eigenvalue weighted by molar-refractivity contribution is 0.590. The Morgan fingerprint density at radius 2 is 0.798 bits per heavy atom. The largest absolute Gasteiger partial charge is 0.456 e. The van der Waals surface area contributed by atoms with Gasteiger partial charge in [-0.3, -0.25) is 0 Å². The molecule has 6 nitrogen and oxygen atoms in total. The van der Waals surface area contributed by atoms with Crippen molar-refractivity contribution in [3.8, 4) is 0 Å². The van der Waals surface area contributed by atoms with Crippen molar-refractivity contribution >= 4 is 157 Å². The molecule has 89 heavy (non-hydrogen) atoms. The van der Waals surface area contributed by atoms with Crippen LogP contribution in [0.4, 0.5) is 68.2 Å². The van der Waals surface area contributed by atoms with Crippen LogP contribution in [0, 0.1) is 0 Å². The van der Waals surface area contributed by atoms with Crippen LogP contribution < -0.4 is 36.0 Å². The van der Waals surface area contributed by atoms with Crippen LogP contribution in [0.15, 0.2) is 282 Å². The molecule has 0 saturated heterocycles. The van der Waals surface area contributed by atoms with Crippen molar-refractivity contribution in [3.05, 3.63) is 284 Å². The van der Waals surface area contributed by atoms with E-state index >= 15 is 0 Å². The summed E-state index contributed by atoms with van der Waals surface area (Å²) < 4.78 is 13.9. The number of hydrogen-bond donors (Lipinski definition) is 0. The third kappa shape index (κ3) is 8.54. The molecule has 0 fully saturated rings. The molecule has 0 aliphatic carbocycles. The summed E-state index contributed by atoms with van der Waals surface area (Å²) >= 11 is 0. The average Bonchev–Trinajstić information content (AvgIpc) is 1.22. The topological polar surface area (TPSA) is 39.2 Å². The molecule has 0 bridgehead atoms. The van der Waals surface area contributed by atoms with Gasteiger partial charge < -0.3 is 28.4 Å². The first-order valence-corrected chi connectivity index (χ1v) is 31.0. The second kappa shape index (κ2) is 19.9. The predicted molar refractivity (Wildman–Crippen MR) is 377 cm³/mol. The molecule has 2 aromatic heterocycles. The van der Waals surface area contributed by atoms with Gasteiger partial charge in [0.15, 0.2) is 5.58 Å². The minimum atomic E-state index is -0.236. The van der Waals surface area contributed by atoms with Gasteiger partial charge in [0, 0.05) is 78.4 Å². The molecule has 15 aromatic rings. The maximum Gasteiger partial charge on any atom is 0.252 e. The Kier molecular flexibility index (Phi) is 11.7. The molecular weight excluding hydrogens is 1080 g/mol. The first-order chi connectivity index (χ1) is 43.4. The van der Waals surface area contributed by atoms with E-state index in [2.05, 4.69) is 334 Å². The number of fused-ring (bicyclic) bond motifs is 12. The average molecular weight is 1150 g/mol. The fourth-order valence-corrected chi connectivity index (χ4v) is 14.2. The van der Waals surface area contributed by atoms with Gasteiger partial charge in [-0.15, -0.1) is 0 Å². The normalized spacial score (nSPS) is 13.0. The van der Waals surface area contributed by atoms with E-state index in [4.69, 9.17) is 8.83 Å². The van der Waals surface area contributed by atoms with Gasteiger partial charge in [0.25, 0.3) is 6.71 Å². The highest BCUT2D eigenvalue weighted by Crippen LogP contribution is 2.52. The lowest BCUT2D eigenvalue weighted by Gasteiger charge is -2.45. The highest BCUT2D eigenvalue weighted by Gasteiger charge is 2.45. The Morgan fingerprint density at radius 3 is 1.40 bits per heavy atom. The third-order valence-corrected chi connectivity index (χ3v) is 18.7. The van der Waals surface area contributed by atoms with E-state index in [1.807, 2.05) is 0 Å². The van der Waals surface area contributed by atoms with E-state index in [0.717, 1.165) is 118 Å². The quantitative estimate of drug-likeness (QED) is 0.141. The van der Waals surface area contributed by atoms with E-state index in [1.54, 1.807) is 0 Å². The summed E-state index contributed by atoms with van der Waals surface area (Å²) in [6.07, 6.45) is 0. The number of para-hydroxylation sites is 4. The van der Waals surface area contributed by atoms with E-state index in [-0.39, 0.29) is 17.5 Å². The van der Waals surface area contributed by atoms with Gasteiger partial charge in [-0.1, -0.05) is 199 Å². The summed E-state index contributed by atoms with van der Waals surface area (Å²) in [7, 11) is 0. The zero-order valence-electron chi connectivity index (χ0n) is 50.7. The molecule has 2 aliphatic rings. The standard InChI is InChI=1S/C82H63BN4O2/c1-81(2,3)56-33-39-59(40-34-56)86-72-47-63(85(62-38-32-53-20-11-13-22-55(53)46-62)71-28-18-27-67-65-25-14-17-30-77(65)89-80(67)71)43-44-69(72)83-70-51-78-68(66-26-15-16-29-76(66)88-78)50-73(70)87(60-41-35-57(36-42-60)82(4,5)6)75-49-64(48-74(86)79(75)83)84(58-23-8-7-9-24-58)61-37-31-52-19-10-12-21-54(52)45-61/h7-51H,1-6H3. The van der Waals surface area contributed by atoms with E-state index in [1.165, 1.54) is 43.7 Å². The minimum Gasteiger partial charge on any atom is -0.456 e. The van der Waals surface area contributed by atoms with Gasteiger partial charge in [0.05, 0.1) is 11.4 Å². The Morgan fingerprint density at radius 1 is 0.315 bits per heavy atom. The smallest absolute Gasteiger partial charge is 0.252 e. The van der Waals surface area contributed by atoms with E-state index in [9.17, 15) is 0 Å².